The number of rotatable bonds is 1. The third-order valence-electron chi connectivity index (χ3n) is 2.77. The first kappa shape index (κ1) is 20.1. The van der Waals surface area contributed by atoms with E-state index in [4.69, 9.17) is 69.6 Å². The zero-order valence-electron chi connectivity index (χ0n) is 11.2. The molecule has 0 saturated heterocycles. The van der Waals surface area contributed by atoms with Crippen molar-refractivity contribution in [2.75, 3.05) is 0 Å². The molecule has 0 aliphatic carbocycles. The summed E-state index contributed by atoms with van der Waals surface area (Å²) in [6, 6.07) is 4.19. The first-order valence-electron chi connectivity index (χ1n) is 5.97. The second-order valence-corrected chi connectivity index (χ2v) is 9.01. The molecule has 2 rings (SSSR count). The lowest BCUT2D eigenvalue weighted by Crippen LogP contribution is -2.47. The number of allylic oxidation sites excluding steroid dienone is 2. The van der Waals surface area contributed by atoms with E-state index in [-0.39, 0.29) is 11.4 Å². The summed E-state index contributed by atoms with van der Waals surface area (Å²) in [5.74, 6) is 0. The number of nitrogens with zero attached hydrogens (tertiary/aromatic N) is 2. The summed E-state index contributed by atoms with van der Waals surface area (Å²) in [5.41, 5.74) is 2.13. The zero-order chi connectivity index (χ0) is 18.3. The van der Waals surface area contributed by atoms with Crippen molar-refractivity contribution < 1.29 is 13.2 Å². The molecule has 0 saturated carbocycles. The minimum Gasteiger partial charge on any atom is -0.278 e. The molecule has 0 fully saturated rings. The van der Waals surface area contributed by atoms with Gasteiger partial charge in [0, 0.05) is 5.56 Å². The van der Waals surface area contributed by atoms with Crippen LogP contribution in [0.2, 0.25) is 0 Å². The summed E-state index contributed by atoms with van der Waals surface area (Å²) < 4.78 is 34.0. The fraction of sp³-hybridized carbons (Fsp3) is 0.250. The minimum absolute atomic E-state index is 0.00345. The summed E-state index contributed by atoms with van der Waals surface area (Å²) in [6.45, 7) is 0. The number of nitrogens with one attached hydrogen (secondary N) is 1. The van der Waals surface area contributed by atoms with Gasteiger partial charge in [0.25, 0.3) is 0 Å². The Kier molecular flexibility index (Phi) is 5.70. The molecule has 1 heterocycles. The number of halogens is 9. The Morgan fingerprint density at radius 3 is 1.88 bits per heavy atom. The Balaban J connectivity index is 2.45. The molecule has 132 valence electrons. The molecular formula is C12H6Cl6F3N3. The van der Waals surface area contributed by atoms with E-state index in [0.29, 0.717) is 5.56 Å². The van der Waals surface area contributed by atoms with Crippen LogP contribution in [0.3, 0.4) is 0 Å². The maximum absolute atomic E-state index is 12.6. The quantitative estimate of drug-likeness (QED) is 0.422. The van der Waals surface area contributed by atoms with Gasteiger partial charge in [0.1, 0.15) is 0 Å². The van der Waals surface area contributed by atoms with Crippen molar-refractivity contribution in [1.82, 2.24) is 10.5 Å². The maximum Gasteiger partial charge on any atom is 0.416 e. The van der Waals surface area contributed by atoms with E-state index >= 15 is 0 Å². The number of hydrogen-bond donors (Lipinski definition) is 1. The van der Waals surface area contributed by atoms with Crippen LogP contribution < -0.4 is 5.43 Å². The lowest BCUT2D eigenvalue weighted by Gasteiger charge is -2.33. The van der Waals surface area contributed by atoms with Crippen LogP contribution in [0.5, 0.6) is 0 Å². The Bertz CT molecular complexity index is 673. The molecule has 0 aromatic heterocycles. The van der Waals surface area contributed by atoms with Crippen molar-refractivity contribution in [2.24, 2.45) is 5.10 Å². The van der Waals surface area contributed by atoms with E-state index in [9.17, 15) is 13.2 Å². The van der Waals surface area contributed by atoms with Crippen LogP contribution in [0.25, 0.3) is 0 Å². The Labute approximate surface area is 164 Å². The standard InChI is InChI=1S/C12H6Cl6F3N3/c13-10(14,15)9-5-8(22-24(23-9)12(16,17)18)6-1-3-7(4-2-6)11(19,20)21/h1-5,23H. The lowest BCUT2D eigenvalue weighted by molar-refractivity contribution is -0.137. The molecule has 0 atom stereocenters. The highest BCUT2D eigenvalue weighted by atomic mass is 35.6. The van der Waals surface area contributed by atoms with Crippen molar-refractivity contribution in [1.29, 1.82) is 0 Å². The minimum atomic E-state index is -4.46. The molecule has 0 bridgehead atoms. The van der Waals surface area contributed by atoms with Gasteiger partial charge in [-0.2, -0.15) is 23.4 Å². The number of hydrazone groups is 1. The van der Waals surface area contributed by atoms with Crippen LogP contribution in [-0.2, 0) is 6.18 Å². The van der Waals surface area contributed by atoms with E-state index in [2.05, 4.69) is 10.5 Å². The molecule has 1 aliphatic heterocycles. The molecule has 12 heteroatoms. The molecule has 1 aliphatic rings. The van der Waals surface area contributed by atoms with Gasteiger partial charge in [-0.3, -0.25) is 5.43 Å². The number of hydrogen-bond acceptors (Lipinski definition) is 3. The average Bonchev–Trinajstić information content (AvgIpc) is 2.44. The molecule has 0 amide bonds. The van der Waals surface area contributed by atoms with E-state index in [0.717, 1.165) is 17.3 Å². The highest BCUT2D eigenvalue weighted by Crippen LogP contribution is 2.38. The van der Waals surface area contributed by atoms with Gasteiger partial charge in [-0.1, -0.05) is 81.7 Å². The van der Waals surface area contributed by atoms with E-state index < -0.39 is 19.4 Å². The predicted octanol–water partition coefficient (Wildman–Crippen LogP) is 5.81. The Morgan fingerprint density at radius 1 is 0.917 bits per heavy atom. The van der Waals surface area contributed by atoms with Crippen molar-refractivity contribution in [3.05, 3.63) is 47.2 Å². The molecule has 24 heavy (non-hydrogen) atoms. The molecular weight excluding hydrogens is 456 g/mol. The molecule has 0 radical (unpaired) electrons. The molecule has 0 spiro atoms. The fourth-order valence-corrected chi connectivity index (χ4v) is 2.21. The van der Waals surface area contributed by atoms with Crippen LogP contribution in [0.15, 0.2) is 41.1 Å². The monoisotopic (exact) mass is 459 g/mol. The first-order chi connectivity index (χ1) is 10.8. The number of hydrazine groups is 1. The fourth-order valence-electron chi connectivity index (χ4n) is 1.68. The van der Waals surface area contributed by atoms with Gasteiger partial charge in [-0.25, -0.2) is 0 Å². The average molecular weight is 462 g/mol. The van der Waals surface area contributed by atoms with Crippen LogP contribution in [0, 0.1) is 0 Å². The first-order valence-corrected chi connectivity index (χ1v) is 8.24. The summed E-state index contributed by atoms with van der Waals surface area (Å²) >= 11 is 34.7. The summed E-state index contributed by atoms with van der Waals surface area (Å²) in [7, 11) is 0. The van der Waals surface area contributed by atoms with Crippen LogP contribution in [0.1, 0.15) is 11.1 Å². The molecule has 3 nitrogen and oxygen atoms in total. The van der Waals surface area contributed by atoms with Gasteiger partial charge < -0.3 is 0 Å². The van der Waals surface area contributed by atoms with Crippen LogP contribution in [0.4, 0.5) is 13.2 Å². The highest BCUT2D eigenvalue weighted by Gasteiger charge is 2.37. The van der Waals surface area contributed by atoms with Gasteiger partial charge in [0.2, 0.25) is 3.79 Å². The van der Waals surface area contributed by atoms with E-state index in [1.807, 2.05) is 0 Å². The molecule has 1 aromatic carbocycles. The molecule has 0 unspecified atom stereocenters. The van der Waals surface area contributed by atoms with Crippen molar-refractivity contribution in [2.45, 2.75) is 13.9 Å². The highest BCUT2D eigenvalue weighted by molar-refractivity contribution is 6.69. The predicted molar refractivity (Wildman–Crippen MR) is 91.6 cm³/mol. The Morgan fingerprint density at radius 2 is 1.46 bits per heavy atom. The second kappa shape index (κ2) is 6.82. The lowest BCUT2D eigenvalue weighted by atomic mass is 10.1. The largest absolute Gasteiger partial charge is 0.416 e. The van der Waals surface area contributed by atoms with Gasteiger partial charge in [0.15, 0.2) is 0 Å². The van der Waals surface area contributed by atoms with E-state index in [1.165, 1.54) is 18.2 Å². The van der Waals surface area contributed by atoms with Gasteiger partial charge in [-0.05, 0) is 18.2 Å². The third-order valence-corrected chi connectivity index (χ3v) is 3.86. The van der Waals surface area contributed by atoms with Crippen LogP contribution in [-0.4, -0.2) is 18.5 Å². The molecule has 1 N–H and O–H groups in total. The van der Waals surface area contributed by atoms with Gasteiger partial charge in [-0.15, -0.1) is 0 Å². The summed E-state index contributed by atoms with van der Waals surface area (Å²) in [6.07, 6.45) is -3.14. The SMILES string of the molecule is FC(F)(F)c1ccc(C2=NN(C(Cl)(Cl)Cl)NC(C(Cl)(Cl)Cl)=C2)cc1. The Hall–Kier alpha value is -0.240. The van der Waals surface area contributed by atoms with Gasteiger partial charge >= 0.3 is 10.1 Å². The number of alkyl halides is 9. The second-order valence-electron chi connectivity index (χ2n) is 4.51. The number of benzene rings is 1. The summed E-state index contributed by atoms with van der Waals surface area (Å²) in [5, 5.41) is 4.78. The van der Waals surface area contributed by atoms with Crippen molar-refractivity contribution in [3.8, 4) is 0 Å². The normalized spacial score (nSPS) is 16.5. The smallest absolute Gasteiger partial charge is 0.278 e. The van der Waals surface area contributed by atoms with Gasteiger partial charge in [0.05, 0.1) is 17.0 Å². The molecule has 1 aromatic rings. The maximum atomic E-state index is 12.6. The van der Waals surface area contributed by atoms with Crippen LogP contribution >= 0.6 is 69.6 Å². The van der Waals surface area contributed by atoms with Crippen molar-refractivity contribution in [3.63, 3.8) is 0 Å². The third kappa shape index (κ3) is 4.90. The summed E-state index contributed by atoms with van der Waals surface area (Å²) in [4.78, 5) is 0. The van der Waals surface area contributed by atoms with Crippen molar-refractivity contribution >= 4 is 75.3 Å². The van der Waals surface area contributed by atoms with E-state index in [1.54, 1.807) is 0 Å². The zero-order valence-corrected chi connectivity index (χ0v) is 15.7. The topological polar surface area (TPSA) is 27.6 Å².